The first kappa shape index (κ1) is 14.1. The molecule has 0 fully saturated rings. The van der Waals surface area contributed by atoms with Gasteiger partial charge in [-0.25, -0.2) is 4.79 Å². The molecule has 0 spiro atoms. The van der Waals surface area contributed by atoms with Crippen LogP contribution in [0.15, 0.2) is 54.1 Å². The topological polar surface area (TPSA) is 46.5 Å². The van der Waals surface area contributed by atoms with Crippen molar-refractivity contribution in [3.8, 4) is 5.75 Å². The van der Waals surface area contributed by atoms with E-state index >= 15 is 0 Å². The second-order valence-electron chi connectivity index (χ2n) is 4.69. The van der Waals surface area contributed by atoms with Crippen LogP contribution in [0.3, 0.4) is 0 Å². The van der Waals surface area contributed by atoms with E-state index in [2.05, 4.69) is 12.1 Å². The highest BCUT2D eigenvalue weighted by Crippen LogP contribution is 2.20. The van der Waals surface area contributed by atoms with Gasteiger partial charge in [0.2, 0.25) is 0 Å². The standard InChI is InChI=1S/C17H18O3/c1-13(17(18)19)6-4-5-11-20-16-10-9-14-7-2-3-8-15(14)12-16/h2-3,6-10,12H,4-5,11H2,1H3,(H,18,19). The molecule has 0 atom stereocenters. The Labute approximate surface area is 118 Å². The number of allylic oxidation sites excluding steroid dienone is 1. The quantitative estimate of drug-likeness (QED) is 0.636. The second kappa shape index (κ2) is 6.75. The summed E-state index contributed by atoms with van der Waals surface area (Å²) in [7, 11) is 0. The SMILES string of the molecule is CC(=CCCCOc1ccc2ccccc2c1)C(=O)O. The summed E-state index contributed by atoms with van der Waals surface area (Å²) in [5.41, 5.74) is 0.385. The number of fused-ring (bicyclic) bond motifs is 1. The summed E-state index contributed by atoms with van der Waals surface area (Å²) < 4.78 is 5.68. The van der Waals surface area contributed by atoms with Crippen LogP contribution in [0.2, 0.25) is 0 Å². The summed E-state index contributed by atoms with van der Waals surface area (Å²) in [6.45, 7) is 2.19. The number of unbranched alkanes of at least 4 members (excludes halogenated alkanes) is 1. The Hall–Kier alpha value is -2.29. The smallest absolute Gasteiger partial charge is 0.330 e. The molecule has 3 heteroatoms. The summed E-state index contributed by atoms with van der Waals surface area (Å²) in [6, 6.07) is 14.2. The molecule has 0 unspecified atom stereocenters. The first-order valence-corrected chi connectivity index (χ1v) is 6.68. The van der Waals surface area contributed by atoms with Gasteiger partial charge in [0, 0.05) is 5.57 Å². The van der Waals surface area contributed by atoms with E-state index in [1.54, 1.807) is 13.0 Å². The molecule has 104 valence electrons. The van der Waals surface area contributed by atoms with Crippen LogP contribution < -0.4 is 4.74 Å². The first-order chi connectivity index (χ1) is 9.66. The maximum absolute atomic E-state index is 10.6. The lowest BCUT2D eigenvalue weighted by Gasteiger charge is -2.06. The predicted molar refractivity (Wildman–Crippen MR) is 80.1 cm³/mol. The Morgan fingerprint density at radius 3 is 2.70 bits per heavy atom. The van der Waals surface area contributed by atoms with E-state index in [0.717, 1.165) is 17.6 Å². The third kappa shape index (κ3) is 3.85. The highest BCUT2D eigenvalue weighted by Gasteiger charge is 1.99. The summed E-state index contributed by atoms with van der Waals surface area (Å²) in [5.74, 6) is -0.0110. The van der Waals surface area contributed by atoms with Crippen LogP contribution in [-0.2, 0) is 4.79 Å². The van der Waals surface area contributed by atoms with Crippen molar-refractivity contribution >= 4 is 16.7 Å². The minimum absolute atomic E-state index is 0.385. The van der Waals surface area contributed by atoms with Gasteiger partial charge in [-0.1, -0.05) is 36.4 Å². The van der Waals surface area contributed by atoms with E-state index in [4.69, 9.17) is 9.84 Å². The molecule has 2 rings (SSSR count). The highest BCUT2D eigenvalue weighted by atomic mass is 16.5. The molecule has 0 saturated heterocycles. The zero-order chi connectivity index (χ0) is 14.4. The number of hydrogen-bond acceptors (Lipinski definition) is 2. The lowest BCUT2D eigenvalue weighted by Crippen LogP contribution is -1.98. The summed E-state index contributed by atoms with van der Waals surface area (Å²) >= 11 is 0. The number of rotatable bonds is 6. The van der Waals surface area contributed by atoms with Crippen LogP contribution in [0, 0.1) is 0 Å². The Balaban J connectivity index is 1.84. The minimum Gasteiger partial charge on any atom is -0.494 e. The molecule has 1 N–H and O–H groups in total. The van der Waals surface area contributed by atoms with Gasteiger partial charge in [-0.15, -0.1) is 0 Å². The van der Waals surface area contributed by atoms with Gasteiger partial charge in [0.15, 0.2) is 0 Å². The molecule has 0 aliphatic carbocycles. The number of carbonyl (C=O) groups is 1. The van der Waals surface area contributed by atoms with Crippen LogP contribution in [0.5, 0.6) is 5.75 Å². The highest BCUT2D eigenvalue weighted by molar-refractivity contribution is 5.85. The summed E-state index contributed by atoms with van der Waals surface area (Å²) in [6.07, 6.45) is 3.25. The molecule has 0 heterocycles. The fraction of sp³-hybridized carbons (Fsp3) is 0.235. The van der Waals surface area contributed by atoms with Crippen molar-refractivity contribution in [3.63, 3.8) is 0 Å². The molecule has 2 aromatic carbocycles. The Morgan fingerprint density at radius 1 is 1.20 bits per heavy atom. The number of benzene rings is 2. The molecule has 3 nitrogen and oxygen atoms in total. The van der Waals surface area contributed by atoms with Gasteiger partial charge in [-0.05, 0) is 42.7 Å². The zero-order valence-electron chi connectivity index (χ0n) is 11.5. The Morgan fingerprint density at radius 2 is 1.95 bits per heavy atom. The van der Waals surface area contributed by atoms with Crippen molar-refractivity contribution in [2.75, 3.05) is 6.61 Å². The van der Waals surface area contributed by atoms with Gasteiger partial charge in [0.1, 0.15) is 5.75 Å². The number of ether oxygens (including phenoxy) is 1. The van der Waals surface area contributed by atoms with Crippen molar-refractivity contribution in [2.24, 2.45) is 0 Å². The van der Waals surface area contributed by atoms with E-state index in [1.807, 2.05) is 30.3 Å². The van der Waals surface area contributed by atoms with Crippen LogP contribution in [0.25, 0.3) is 10.8 Å². The van der Waals surface area contributed by atoms with Crippen molar-refractivity contribution in [2.45, 2.75) is 19.8 Å². The lowest BCUT2D eigenvalue weighted by atomic mass is 10.1. The monoisotopic (exact) mass is 270 g/mol. The van der Waals surface area contributed by atoms with Crippen molar-refractivity contribution < 1.29 is 14.6 Å². The van der Waals surface area contributed by atoms with Crippen LogP contribution in [0.4, 0.5) is 0 Å². The van der Waals surface area contributed by atoms with Crippen LogP contribution in [-0.4, -0.2) is 17.7 Å². The predicted octanol–water partition coefficient (Wildman–Crippen LogP) is 4.03. The van der Waals surface area contributed by atoms with Gasteiger partial charge in [-0.3, -0.25) is 0 Å². The van der Waals surface area contributed by atoms with Gasteiger partial charge >= 0.3 is 5.97 Å². The van der Waals surface area contributed by atoms with Crippen LogP contribution >= 0.6 is 0 Å². The molecular weight excluding hydrogens is 252 g/mol. The van der Waals surface area contributed by atoms with E-state index in [9.17, 15) is 4.79 Å². The van der Waals surface area contributed by atoms with Gasteiger partial charge < -0.3 is 9.84 Å². The maximum atomic E-state index is 10.6. The third-order valence-corrected chi connectivity index (χ3v) is 3.13. The number of carboxylic acid groups (broad SMARTS) is 1. The molecule has 20 heavy (non-hydrogen) atoms. The normalized spacial score (nSPS) is 11.6. The summed E-state index contributed by atoms with van der Waals surface area (Å²) in [5, 5.41) is 11.1. The number of hydrogen-bond donors (Lipinski definition) is 1. The van der Waals surface area contributed by atoms with E-state index < -0.39 is 5.97 Å². The second-order valence-corrected chi connectivity index (χ2v) is 4.69. The third-order valence-electron chi connectivity index (χ3n) is 3.13. The Bertz CT molecular complexity index is 629. The molecule has 0 aromatic heterocycles. The van der Waals surface area contributed by atoms with Gasteiger partial charge in [-0.2, -0.15) is 0 Å². The molecule has 2 aromatic rings. The fourth-order valence-corrected chi connectivity index (χ4v) is 1.94. The molecule has 0 aliphatic heterocycles. The average Bonchev–Trinajstić information content (AvgIpc) is 2.46. The van der Waals surface area contributed by atoms with Crippen LogP contribution in [0.1, 0.15) is 19.8 Å². The van der Waals surface area contributed by atoms with E-state index in [0.29, 0.717) is 18.6 Å². The van der Waals surface area contributed by atoms with E-state index in [1.165, 1.54) is 5.39 Å². The first-order valence-electron chi connectivity index (χ1n) is 6.68. The molecule has 0 radical (unpaired) electrons. The molecule has 0 bridgehead atoms. The average molecular weight is 270 g/mol. The minimum atomic E-state index is -0.861. The van der Waals surface area contributed by atoms with Crippen molar-refractivity contribution in [1.82, 2.24) is 0 Å². The van der Waals surface area contributed by atoms with E-state index in [-0.39, 0.29) is 0 Å². The summed E-state index contributed by atoms with van der Waals surface area (Å²) in [4.78, 5) is 10.6. The van der Waals surface area contributed by atoms with Gasteiger partial charge in [0.05, 0.1) is 6.61 Å². The lowest BCUT2D eigenvalue weighted by molar-refractivity contribution is -0.132. The zero-order valence-corrected chi connectivity index (χ0v) is 11.5. The number of aliphatic carboxylic acids is 1. The van der Waals surface area contributed by atoms with Crippen molar-refractivity contribution in [1.29, 1.82) is 0 Å². The molecule has 0 aliphatic rings. The Kier molecular flexibility index (Phi) is 4.77. The fourth-order valence-electron chi connectivity index (χ4n) is 1.94. The largest absolute Gasteiger partial charge is 0.494 e. The molecule has 0 amide bonds. The molecular formula is C17H18O3. The van der Waals surface area contributed by atoms with Crippen molar-refractivity contribution in [3.05, 3.63) is 54.1 Å². The maximum Gasteiger partial charge on any atom is 0.330 e. The van der Waals surface area contributed by atoms with Gasteiger partial charge in [0.25, 0.3) is 0 Å². The number of carboxylic acids is 1. The molecule has 0 saturated carbocycles.